The highest BCUT2D eigenvalue weighted by Crippen LogP contribution is 2.46. The molecule has 184 valence electrons. The van der Waals surface area contributed by atoms with Crippen LogP contribution in [0.15, 0.2) is 30.3 Å². The van der Waals surface area contributed by atoms with E-state index in [4.69, 9.17) is 0 Å². The maximum Gasteiger partial charge on any atom is 0.339 e. The van der Waals surface area contributed by atoms with Crippen molar-refractivity contribution in [3.8, 4) is 11.5 Å². The van der Waals surface area contributed by atoms with Crippen LogP contribution in [0.25, 0.3) is 0 Å². The first-order chi connectivity index (χ1) is 14.6. The monoisotopic (exact) mass is 456 g/mol. The first kappa shape index (κ1) is 28.5. The molecule has 0 radical (unpaired) electrons. The van der Waals surface area contributed by atoms with Crippen molar-refractivity contribution in [3.63, 3.8) is 0 Å². The summed E-state index contributed by atoms with van der Waals surface area (Å²) in [6.45, 7) is 24.8. The molecule has 0 saturated heterocycles. The summed E-state index contributed by atoms with van der Waals surface area (Å²) < 4.78 is 0. The van der Waals surface area contributed by atoms with Crippen LogP contribution in [0, 0.1) is 0 Å². The molecule has 33 heavy (non-hydrogen) atoms. The van der Waals surface area contributed by atoms with Crippen LogP contribution < -0.4 is 0 Å². The second-order valence-electron chi connectivity index (χ2n) is 12.9. The number of aromatic hydroxyl groups is 2. The SMILES string of the molecule is CC(C)(C)c1cc(C(=O)O)c(O)c(C(C)(C)C)c1C(C)(C)C.CC(C)(C)c1ccccc1O. The molecule has 0 fully saturated rings. The largest absolute Gasteiger partial charge is 0.508 e. The van der Waals surface area contributed by atoms with Gasteiger partial charge in [-0.2, -0.15) is 0 Å². The number of carboxylic acids is 1. The molecule has 0 amide bonds. The Morgan fingerprint density at radius 1 is 0.636 bits per heavy atom. The van der Waals surface area contributed by atoms with Crippen LogP contribution in [0.5, 0.6) is 11.5 Å². The normalized spacial score (nSPS) is 12.7. The molecule has 2 rings (SSSR count). The fourth-order valence-corrected chi connectivity index (χ4v) is 4.04. The van der Waals surface area contributed by atoms with Crippen LogP contribution >= 0.6 is 0 Å². The second kappa shape index (κ2) is 9.40. The first-order valence-corrected chi connectivity index (χ1v) is 11.5. The molecule has 4 nitrogen and oxygen atoms in total. The Balaban J connectivity index is 0.000000412. The Morgan fingerprint density at radius 2 is 1.06 bits per heavy atom. The van der Waals surface area contributed by atoms with E-state index in [2.05, 4.69) is 62.3 Å². The van der Waals surface area contributed by atoms with Gasteiger partial charge in [0.05, 0.1) is 0 Å². The van der Waals surface area contributed by atoms with Gasteiger partial charge in [0.2, 0.25) is 0 Å². The molecule has 2 aromatic rings. The number of carbonyl (C=O) groups is 1. The average Bonchev–Trinajstić information content (AvgIpc) is 2.58. The van der Waals surface area contributed by atoms with Crippen LogP contribution in [0.1, 0.15) is 116 Å². The van der Waals surface area contributed by atoms with E-state index >= 15 is 0 Å². The van der Waals surface area contributed by atoms with Crippen LogP contribution in [-0.4, -0.2) is 21.3 Å². The fourth-order valence-electron chi connectivity index (χ4n) is 4.04. The van der Waals surface area contributed by atoms with Gasteiger partial charge < -0.3 is 15.3 Å². The van der Waals surface area contributed by atoms with Crippen molar-refractivity contribution in [3.05, 3.63) is 58.1 Å². The molecule has 0 spiro atoms. The molecular weight excluding hydrogens is 412 g/mol. The Hall–Kier alpha value is -2.49. The minimum Gasteiger partial charge on any atom is -0.508 e. The average molecular weight is 457 g/mol. The molecule has 0 aliphatic heterocycles. The fraction of sp³-hybridized carbons (Fsp3) is 0.552. The van der Waals surface area contributed by atoms with Crippen molar-refractivity contribution < 1.29 is 20.1 Å². The van der Waals surface area contributed by atoms with E-state index in [-0.39, 0.29) is 33.0 Å². The third-order valence-electron chi connectivity index (χ3n) is 5.55. The van der Waals surface area contributed by atoms with Crippen molar-refractivity contribution in [2.75, 3.05) is 0 Å². The number of carboxylic acid groups (broad SMARTS) is 1. The van der Waals surface area contributed by atoms with E-state index < -0.39 is 5.97 Å². The van der Waals surface area contributed by atoms with Gasteiger partial charge in [-0.25, -0.2) is 4.79 Å². The van der Waals surface area contributed by atoms with E-state index in [1.807, 2.05) is 39.0 Å². The molecule has 0 saturated carbocycles. The lowest BCUT2D eigenvalue weighted by atomic mass is 9.67. The number of phenols is 2. The van der Waals surface area contributed by atoms with Gasteiger partial charge in [-0.1, -0.05) is 101 Å². The summed E-state index contributed by atoms with van der Waals surface area (Å²) in [5, 5.41) is 29.6. The zero-order chi connectivity index (χ0) is 26.2. The van der Waals surface area contributed by atoms with Gasteiger partial charge in [-0.3, -0.25) is 0 Å². The Morgan fingerprint density at radius 3 is 1.36 bits per heavy atom. The second-order valence-corrected chi connectivity index (χ2v) is 12.9. The van der Waals surface area contributed by atoms with Crippen LogP contribution in [0.4, 0.5) is 0 Å². The molecule has 0 aliphatic rings. The third-order valence-corrected chi connectivity index (χ3v) is 5.55. The number of hydrogen-bond donors (Lipinski definition) is 3. The van der Waals surface area contributed by atoms with Crippen molar-refractivity contribution in [2.45, 2.75) is 105 Å². The Bertz CT molecular complexity index is 988. The molecule has 0 bridgehead atoms. The van der Waals surface area contributed by atoms with E-state index in [0.29, 0.717) is 5.75 Å². The molecule has 0 unspecified atom stereocenters. The molecule has 0 aromatic heterocycles. The van der Waals surface area contributed by atoms with Gasteiger partial charge in [0, 0.05) is 5.56 Å². The summed E-state index contributed by atoms with van der Waals surface area (Å²) in [4.78, 5) is 11.6. The molecule has 0 heterocycles. The highest BCUT2D eigenvalue weighted by atomic mass is 16.4. The quantitative estimate of drug-likeness (QED) is 0.411. The molecule has 2 aromatic carbocycles. The summed E-state index contributed by atoms with van der Waals surface area (Å²) in [5.74, 6) is -0.799. The zero-order valence-electron chi connectivity index (χ0n) is 22.6. The highest BCUT2D eigenvalue weighted by molar-refractivity contribution is 5.92. The molecule has 0 atom stereocenters. The molecular formula is C29H44O4. The predicted octanol–water partition coefficient (Wildman–Crippen LogP) is 7.67. The topological polar surface area (TPSA) is 77.8 Å². The third kappa shape index (κ3) is 6.99. The van der Waals surface area contributed by atoms with Gasteiger partial charge in [0.15, 0.2) is 0 Å². The maximum atomic E-state index is 11.6. The smallest absolute Gasteiger partial charge is 0.339 e. The molecule has 0 aliphatic carbocycles. The zero-order valence-corrected chi connectivity index (χ0v) is 22.6. The summed E-state index contributed by atoms with van der Waals surface area (Å²) in [5.41, 5.74) is 3.05. The number of benzene rings is 2. The van der Waals surface area contributed by atoms with Crippen molar-refractivity contribution in [1.82, 2.24) is 0 Å². The summed E-state index contributed by atoms with van der Waals surface area (Å²) >= 11 is 0. The van der Waals surface area contributed by atoms with Crippen molar-refractivity contribution in [2.24, 2.45) is 0 Å². The van der Waals surface area contributed by atoms with Gasteiger partial charge in [0.25, 0.3) is 0 Å². The number of para-hydroxylation sites is 1. The number of rotatable bonds is 1. The van der Waals surface area contributed by atoms with Crippen molar-refractivity contribution in [1.29, 1.82) is 0 Å². The lowest BCUT2D eigenvalue weighted by Gasteiger charge is -2.37. The van der Waals surface area contributed by atoms with Gasteiger partial charge >= 0.3 is 5.97 Å². The van der Waals surface area contributed by atoms with Gasteiger partial charge in [0.1, 0.15) is 17.1 Å². The lowest BCUT2D eigenvalue weighted by Crippen LogP contribution is -2.29. The van der Waals surface area contributed by atoms with Crippen molar-refractivity contribution >= 4 is 5.97 Å². The van der Waals surface area contributed by atoms with E-state index in [9.17, 15) is 20.1 Å². The summed E-state index contributed by atoms with van der Waals surface area (Å²) in [6.07, 6.45) is 0. The maximum absolute atomic E-state index is 11.6. The Kier molecular flexibility index (Phi) is 8.13. The molecule has 3 N–H and O–H groups in total. The number of aromatic carboxylic acids is 1. The van der Waals surface area contributed by atoms with Crippen LogP contribution in [-0.2, 0) is 21.7 Å². The first-order valence-electron chi connectivity index (χ1n) is 11.5. The summed E-state index contributed by atoms with van der Waals surface area (Å²) in [6, 6.07) is 9.11. The highest BCUT2D eigenvalue weighted by Gasteiger charge is 2.36. The van der Waals surface area contributed by atoms with E-state index in [1.54, 1.807) is 12.1 Å². The lowest BCUT2D eigenvalue weighted by molar-refractivity contribution is 0.0693. The minimum atomic E-state index is -1.09. The van der Waals surface area contributed by atoms with E-state index in [0.717, 1.165) is 22.3 Å². The van der Waals surface area contributed by atoms with Crippen LogP contribution in [0.3, 0.4) is 0 Å². The van der Waals surface area contributed by atoms with Gasteiger partial charge in [-0.05, 0) is 50.5 Å². The minimum absolute atomic E-state index is 0.0113. The molecule has 4 heteroatoms. The van der Waals surface area contributed by atoms with Crippen LogP contribution in [0.2, 0.25) is 0 Å². The summed E-state index contributed by atoms with van der Waals surface area (Å²) in [7, 11) is 0. The number of phenolic OH excluding ortho intramolecular Hbond substituents is 1. The standard InChI is InChI=1S/C19H30O3.C10H14O/c1-17(2,3)12-10-11(16(21)22)15(20)14(19(7,8)9)13(12)18(4,5)6;1-10(2,3)8-6-4-5-7-9(8)11/h10,20H,1-9H3,(H,21,22);4-7,11H,1-3H3. The van der Waals surface area contributed by atoms with E-state index in [1.165, 1.54) is 0 Å². The van der Waals surface area contributed by atoms with Gasteiger partial charge in [-0.15, -0.1) is 0 Å². The number of hydrogen-bond acceptors (Lipinski definition) is 3. The Labute approximate surface area is 200 Å². The predicted molar refractivity (Wildman–Crippen MR) is 138 cm³/mol.